The Kier molecular flexibility index (Phi) is 8.00. The van der Waals surface area contributed by atoms with Crippen molar-refractivity contribution < 1.29 is 9.22 Å². The lowest BCUT2D eigenvalue weighted by Crippen LogP contribution is -2.52. The van der Waals surface area contributed by atoms with Crippen LogP contribution >= 0.6 is 0 Å². The molecule has 0 aliphatic carbocycles. The minimum Gasteiger partial charge on any atom is -0.515 e. The molecular formula is C20H40O2Si2. The summed E-state index contributed by atoms with van der Waals surface area (Å²) in [5.74, 6) is -0.109. The Balaban J connectivity index is 6.10. The molecule has 0 aromatic heterocycles. The van der Waals surface area contributed by atoms with Gasteiger partial charge in [-0.1, -0.05) is 75.4 Å². The summed E-state index contributed by atoms with van der Waals surface area (Å²) in [6.45, 7) is 26.4. The third-order valence-electron chi connectivity index (χ3n) is 5.97. The molecule has 0 heterocycles. The standard InChI is InChI=1S/C20H40O2Si2/c1-13-14-18(23(11,12)20(8,9)10)19(21)22-24(15(2)3,16(4)5)17(6)7/h13,15-17H,1-12H3. The average Bonchev–Trinajstić information content (AvgIpc) is 2.38. The normalized spacial score (nSPS) is 13.3. The van der Waals surface area contributed by atoms with Crippen LogP contribution in [0.2, 0.25) is 34.8 Å². The molecule has 0 saturated heterocycles. The molecule has 4 heteroatoms. The molecular weight excluding hydrogens is 328 g/mol. The molecule has 0 aromatic carbocycles. The highest BCUT2D eigenvalue weighted by molar-refractivity contribution is 6.91. The minimum absolute atomic E-state index is 0.0784. The van der Waals surface area contributed by atoms with Crippen LogP contribution in [0.25, 0.3) is 0 Å². The maximum Gasteiger partial charge on any atom is 0.324 e. The molecule has 2 nitrogen and oxygen atoms in total. The van der Waals surface area contributed by atoms with Crippen molar-refractivity contribution in [3.05, 3.63) is 17.0 Å². The molecule has 0 bridgehead atoms. The fourth-order valence-corrected chi connectivity index (χ4v) is 10.6. The van der Waals surface area contributed by atoms with Gasteiger partial charge in [0.2, 0.25) is 0 Å². The van der Waals surface area contributed by atoms with Crippen LogP contribution in [0.1, 0.15) is 69.2 Å². The Labute approximate surface area is 152 Å². The molecule has 24 heavy (non-hydrogen) atoms. The maximum absolute atomic E-state index is 13.3. The van der Waals surface area contributed by atoms with E-state index in [0.717, 1.165) is 5.20 Å². The van der Waals surface area contributed by atoms with Gasteiger partial charge in [-0.15, -0.1) is 5.73 Å². The molecule has 0 aliphatic heterocycles. The van der Waals surface area contributed by atoms with E-state index in [-0.39, 0.29) is 11.0 Å². The van der Waals surface area contributed by atoms with Crippen LogP contribution < -0.4 is 0 Å². The largest absolute Gasteiger partial charge is 0.515 e. The lowest BCUT2D eigenvalue weighted by Gasteiger charge is -2.43. The molecule has 0 fully saturated rings. The molecule has 0 N–H and O–H groups in total. The van der Waals surface area contributed by atoms with E-state index < -0.39 is 16.4 Å². The van der Waals surface area contributed by atoms with Gasteiger partial charge in [0.1, 0.15) is 8.07 Å². The molecule has 0 aliphatic rings. The van der Waals surface area contributed by atoms with Gasteiger partial charge in [0.25, 0.3) is 8.32 Å². The van der Waals surface area contributed by atoms with Crippen LogP contribution in [0, 0.1) is 0 Å². The second-order valence-corrected chi connectivity index (χ2v) is 20.0. The molecule has 0 saturated carbocycles. The molecule has 0 rings (SSSR count). The highest BCUT2D eigenvalue weighted by atomic mass is 28.4. The van der Waals surface area contributed by atoms with Crippen molar-refractivity contribution in [1.29, 1.82) is 0 Å². The van der Waals surface area contributed by atoms with Crippen LogP contribution in [0.3, 0.4) is 0 Å². The zero-order chi connectivity index (χ0) is 19.5. The Morgan fingerprint density at radius 3 is 1.58 bits per heavy atom. The van der Waals surface area contributed by atoms with Gasteiger partial charge in [-0.2, -0.15) is 0 Å². The van der Waals surface area contributed by atoms with Gasteiger partial charge in [-0.25, -0.2) is 4.79 Å². The second-order valence-electron chi connectivity index (χ2n) is 9.39. The van der Waals surface area contributed by atoms with Crippen LogP contribution in [-0.2, 0) is 9.22 Å². The number of hydrogen-bond donors (Lipinski definition) is 0. The smallest absolute Gasteiger partial charge is 0.324 e. The summed E-state index contributed by atoms with van der Waals surface area (Å²) in [4.78, 5) is 13.3. The van der Waals surface area contributed by atoms with Gasteiger partial charge in [-0.05, 0) is 34.7 Å². The summed E-state index contributed by atoms with van der Waals surface area (Å²) in [6, 6.07) is 0. The van der Waals surface area contributed by atoms with Crippen LogP contribution in [0.15, 0.2) is 17.0 Å². The predicted molar refractivity (Wildman–Crippen MR) is 112 cm³/mol. The molecule has 0 atom stereocenters. The van der Waals surface area contributed by atoms with Gasteiger partial charge in [0, 0.05) is 0 Å². The number of carbonyl (C=O) groups is 1. The molecule has 0 amide bonds. The molecule has 0 spiro atoms. The average molecular weight is 369 g/mol. The first kappa shape index (κ1) is 23.4. The summed E-state index contributed by atoms with van der Waals surface area (Å²) in [6.07, 6.45) is 1.86. The SMILES string of the molecule is CC=C=C(C(=O)O[Si](C(C)C)(C(C)C)C(C)C)[Si](C)(C)C(C)(C)C. The Morgan fingerprint density at radius 1 is 0.958 bits per heavy atom. The third-order valence-corrected chi connectivity index (χ3v) is 17.3. The number of rotatable bonds is 6. The molecule has 0 radical (unpaired) electrons. The van der Waals surface area contributed by atoms with E-state index in [1.807, 2.05) is 13.0 Å². The quantitative estimate of drug-likeness (QED) is 0.291. The fourth-order valence-electron chi connectivity index (χ4n) is 3.58. The zero-order valence-corrected chi connectivity index (χ0v) is 20.1. The minimum atomic E-state index is -2.22. The van der Waals surface area contributed by atoms with Crippen molar-refractivity contribution in [1.82, 2.24) is 0 Å². The van der Waals surface area contributed by atoms with E-state index in [1.54, 1.807) is 0 Å². The lowest BCUT2D eigenvalue weighted by atomic mass is 10.2. The van der Waals surface area contributed by atoms with Crippen LogP contribution in [-0.4, -0.2) is 22.4 Å². The van der Waals surface area contributed by atoms with E-state index in [1.165, 1.54) is 0 Å². The monoisotopic (exact) mass is 368 g/mol. The van der Waals surface area contributed by atoms with E-state index in [4.69, 9.17) is 4.43 Å². The molecule has 0 aromatic rings. The zero-order valence-electron chi connectivity index (χ0n) is 18.1. The second kappa shape index (κ2) is 8.20. The first-order valence-corrected chi connectivity index (χ1v) is 14.4. The third kappa shape index (κ3) is 4.53. The summed E-state index contributed by atoms with van der Waals surface area (Å²) in [5.41, 5.74) is 4.46. The topological polar surface area (TPSA) is 26.3 Å². The van der Waals surface area contributed by atoms with Gasteiger partial charge in [0.05, 0.1) is 5.20 Å². The highest BCUT2D eigenvalue weighted by Crippen LogP contribution is 2.45. The fraction of sp³-hybridized carbons (Fsp3) is 0.800. The summed E-state index contributed by atoms with van der Waals surface area (Å²) < 4.78 is 6.43. The van der Waals surface area contributed by atoms with Gasteiger partial charge < -0.3 is 4.43 Å². The van der Waals surface area contributed by atoms with Crippen molar-refractivity contribution in [2.45, 2.75) is 104 Å². The van der Waals surface area contributed by atoms with Crippen molar-refractivity contribution in [3.8, 4) is 0 Å². The van der Waals surface area contributed by atoms with Crippen LogP contribution in [0.5, 0.6) is 0 Å². The first-order valence-electron chi connectivity index (χ1n) is 9.31. The molecule has 0 unspecified atom stereocenters. The number of carbonyl (C=O) groups excluding carboxylic acids is 1. The van der Waals surface area contributed by atoms with E-state index >= 15 is 0 Å². The van der Waals surface area contributed by atoms with E-state index in [9.17, 15) is 4.79 Å². The van der Waals surface area contributed by atoms with Crippen molar-refractivity contribution in [3.63, 3.8) is 0 Å². The summed E-state index contributed by atoms with van der Waals surface area (Å²) in [7, 11) is -4.22. The van der Waals surface area contributed by atoms with Crippen LogP contribution in [0.4, 0.5) is 0 Å². The highest BCUT2D eigenvalue weighted by Gasteiger charge is 2.50. The Hall–Kier alpha value is -0.576. The van der Waals surface area contributed by atoms with Gasteiger partial charge in [-0.3, -0.25) is 0 Å². The van der Waals surface area contributed by atoms with Crippen molar-refractivity contribution >= 4 is 22.4 Å². The maximum atomic E-state index is 13.3. The molecule has 140 valence electrons. The summed E-state index contributed by atoms with van der Waals surface area (Å²) >= 11 is 0. The predicted octanol–water partition coefficient (Wildman–Crippen LogP) is 6.85. The van der Waals surface area contributed by atoms with Crippen molar-refractivity contribution in [2.24, 2.45) is 0 Å². The summed E-state index contributed by atoms with van der Waals surface area (Å²) in [5, 5.41) is 0.881. The number of hydrogen-bond acceptors (Lipinski definition) is 2. The van der Waals surface area contributed by atoms with Gasteiger partial charge >= 0.3 is 5.97 Å². The van der Waals surface area contributed by atoms with E-state index in [2.05, 4.69) is 81.1 Å². The van der Waals surface area contributed by atoms with E-state index in [0.29, 0.717) is 16.6 Å². The first-order chi connectivity index (χ1) is 10.7. The lowest BCUT2D eigenvalue weighted by molar-refractivity contribution is -0.130. The van der Waals surface area contributed by atoms with Gasteiger partial charge in [0.15, 0.2) is 0 Å². The van der Waals surface area contributed by atoms with Crippen molar-refractivity contribution in [2.75, 3.05) is 0 Å². The Bertz CT molecular complexity index is 480. The Morgan fingerprint density at radius 2 is 1.33 bits per heavy atom.